The Hall–Kier alpha value is -3.87. The molecule has 1 atom stereocenters. The van der Waals surface area contributed by atoms with Gasteiger partial charge in [-0.3, -0.25) is 14.7 Å². The summed E-state index contributed by atoms with van der Waals surface area (Å²) in [4.78, 5) is 27.0. The number of aliphatic hydroxyl groups excluding tert-OH is 1. The van der Waals surface area contributed by atoms with Gasteiger partial charge in [0.2, 0.25) is 11.8 Å². The second-order valence-corrected chi connectivity index (χ2v) is 12.2. The maximum Gasteiger partial charge on any atom is 0.220 e. The summed E-state index contributed by atoms with van der Waals surface area (Å²) in [5, 5.41) is 19.3. The fourth-order valence-electron chi connectivity index (χ4n) is 5.77. The van der Waals surface area contributed by atoms with Crippen molar-refractivity contribution < 1.29 is 19.0 Å². The molecular formula is C33H34Cl2FN7O3. The number of benzene rings is 1. The Morgan fingerprint density at radius 3 is 2.63 bits per heavy atom. The highest BCUT2D eigenvalue weighted by molar-refractivity contribution is 6.39. The highest BCUT2D eigenvalue weighted by Gasteiger charge is 2.27. The van der Waals surface area contributed by atoms with Crippen molar-refractivity contribution in [2.45, 2.75) is 32.0 Å². The molecule has 2 aliphatic heterocycles. The van der Waals surface area contributed by atoms with Gasteiger partial charge in [-0.25, -0.2) is 14.4 Å². The van der Waals surface area contributed by atoms with Gasteiger partial charge in [-0.05, 0) is 24.6 Å². The molecule has 5 heterocycles. The molecule has 0 saturated carbocycles. The molecule has 1 amide bonds. The van der Waals surface area contributed by atoms with Crippen LogP contribution in [0.3, 0.4) is 0 Å². The Morgan fingerprint density at radius 2 is 1.87 bits per heavy atom. The number of anilines is 2. The first-order chi connectivity index (χ1) is 22.3. The van der Waals surface area contributed by atoms with Crippen LogP contribution in [0.25, 0.3) is 22.5 Å². The molecule has 1 aromatic carbocycles. The van der Waals surface area contributed by atoms with Crippen LogP contribution in [0.5, 0.6) is 5.88 Å². The molecule has 0 radical (unpaired) electrons. The van der Waals surface area contributed by atoms with Gasteiger partial charge in [0.05, 0.1) is 34.2 Å². The van der Waals surface area contributed by atoms with Crippen molar-refractivity contribution >= 4 is 40.6 Å². The molecule has 0 bridgehead atoms. The van der Waals surface area contributed by atoms with Gasteiger partial charge in [-0.15, -0.1) is 0 Å². The summed E-state index contributed by atoms with van der Waals surface area (Å²) in [6.45, 7) is 3.20. The van der Waals surface area contributed by atoms with Crippen molar-refractivity contribution in [2.24, 2.45) is 5.92 Å². The van der Waals surface area contributed by atoms with Crippen LogP contribution in [0.15, 0.2) is 54.9 Å². The van der Waals surface area contributed by atoms with Crippen LogP contribution in [0.1, 0.15) is 24.0 Å². The molecule has 0 aliphatic carbocycles. The number of carbonyl (C=O) groups excluding carboxylic acids is 1. The van der Waals surface area contributed by atoms with Crippen LogP contribution >= 0.6 is 23.2 Å². The lowest BCUT2D eigenvalue weighted by molar-refractivity contribution is -0.119. The molecule has 13 heteroatoms. The second kappa shape index (κ2) is 14.3. The van der Waals surface area contributed by atoms with E-state index in [1.54, 1.807) is 31.6 Å². The second-order valence-electron chi connectivity index (χ2n) is 11.5. The summed E-state index contributed by atoms with van der Waals surface area (Å²) in [5.41, 5.74) is 4.06. The normalized spacial score (nSPS) is 16.7. The van der Waals surface area contributed by atoms with Gasteiger partial charge in [0.25, 0.3) is 0 Å². The van der Waals surface area contributed by atoms with E-state index in [1.807, 2.05) is 30.3 Å². The molecule has 4 N–H and O–H groups in total. The van der Waals surface area contributed by atoms with Crippen molar-refractivity contribution in [1.82, 2.24) is 30.5 Å². The fraction of sp³-hybridized carbons (Fsp3) is 0.333. The highest BCUT2D eigenvalue weighted by atomic mass is 35.5. The molecule has 4 aromatic rings. The molecule has 2 saturated heterocycles. The third kappa shape index (κ3) is 6.93. The monoisotopic (exact) mass is 665 g/mol. The maximum absolute atomic E-state index is 15.4. The lowest BCUT2D eigenvalue weighted by atomic mass is 10.0. The number of hydrogen-bond donors (Lipinski definition) is 4. The SMILES string of the molecule is COc1nc(-c2cccc(-c3nccc(Nc4nccc(CN5CC(CO)C5)c4F)c3Cl)c2Cl)ccc1CNCC1CCC(=O)N1. The number of carbonyl (C=O) groups is 1. The Morgan fingerprint density at radius 1 is 1.07 bits per heavy atom. The Balaban J connectivity index is 1.20. The van der Waals surface area contributed by atoms with Gasteiger partial charge in [-0.2, -0.15) is 0 Å². The lowest BCUT2D eigenvalue weighted by Gasteiger charge is -2.38. The third-order valence-electron chi connectivity index (χ3n) is 8.25. The summed E-state index contributed by atoms with van der Waals surface area (Å²) in [6.07, 6.45) is 4.50. The van der Waals surface area contributed by atoms with Crippen LogP contribution in [0.4, 0.5) is 15.9 Å². The van der Waals surface area contributed by atoms with Crippen LogP contribution in [0, 0.1) is 11.7 Å². The highest BCUT2D eigenvalue weighted by Crippen LogP contribution is 2.41. The molecule has 46 heavy (non-hydrogen) atoms. The minimum atomic E-state index is -0.464. The number of ether oxygens (including phenoxy) is 1. The first-order valence-electron chi connectivity index (χ1n) is 15.1. The number of pyridine rings is 3. The van der Waals surface area contributed by atoms with Gasteiger partial charge in [0, 0.05) is 92.4 Å². The minimum Gasteiger partial charge on any atom is -0.481 e. The largest absolute Gasteiger partial charge is 0.481 e. The third-order valence-corrected chi connectivity index (χ3v) is 9.04. The molecule has 0 spiro atoms. The Kier molecular flexibility index (Phi) is 9.95. The quantitative estimate of drug-likeness (QED) is 0.162. The number of aromatic nitrogens is 3. The van der Waals surface area contributed by atoms with Crippen molar-refractivity contribution in [3.8, 4) is 28.4 Å². The standard InChI is InChI=1S/C33H34Cl2FN7O3/c1-46-33-20(13-37-14-22-6-8-27(45)40-22)5-7-25(42-33)23-3-2-4-24(28(23)34)31-29(35)26(10-12-38-31)41-32-30(36)21(9-11-39-32)17-43-15-19(16-43)18-44/h2-5,7,9-12,19,22,37,44H,6,8,13-18H2,1H3,(H,40,45)(H,38,39,41). The number of methoxy groups -OCH3 is 1. The average molecular weight is 667 g/mol. The number of likely N-dealkylation sites (tertiary alicyclic amines) is 1. The zero-order chi connectivity index (χ0) is 32.2. The summed E-state index contributed by atoms with van der Waals surface area (Å²) >= 11 is 13.8. The van der Waals surface area contributed by atoms with E-state index in [-0.39, 0.29) is 35.3 Å². The Bertz CT molecular complexity index is 1740. The van der Waals surface area contributed by atoms with Crippen molar-refractivity contribution in [2.75, 3.05) is 38.7 Å². The van der Waals surface area contributed by atoms with Crippen LogP contribution < -0.4 is 20.7 Å². The van der Waals surface area contributed by atoms with E-state index >= 15 is 4.39 Å². The summed E-state index contributed by atoms with van der Waals surface area (Å²) < 4.78 is 21.0. The summed E-state index contributed by atoms with van der Waals surface area (Å²) in [6, 6.07) is 12.8. The lowest BCUT2D eigenvalue weighted by Crippen LogP contribution is -2.47. The number of nitrogens with one attached hydrogen (secondary N) is 3. The molecule has 2 aliphatic rings. The van der Waals surface area contributed by atoms with E-state index in [9.17, 15) is 9.90 Å². The number of aliphatic hydroxyl groups is 1. The number of hydrogen-bond acceptors (Lipinski definition) is 9. The topological polar surface area (TPSA) is 125 Å². The van der Waals surface area contributed by atoms with E-state index in [2.05, 4.69) is 30.8 Å². The zero-order valence-corrected chi connectivity index (χ0v) is 26.7. The van der Waals surface area contributed by atoms with Gasteiger partial charge >= 0.3 is 0 Å². The molecular weight excluding hydrogens is 632 g/mol. The minimum absolute atomic E-state index is 0.0505. The first kappa shape index (κ1) is 32.1. The number of nitrogens with zero attached hydrogens (tertiary/aromatic N) is 4. The van der Waals surface area contributed by atoms with E-state index < -0.39 is 5.82 Å². The molecule has 10 nitrogen and oxygen atoms in total. The summed E-state index contributed by atoms with van der Waals surface area (Å²) in [5.74, 6) is 0.368. The number of halogens is 3. The van der Waals surface area contributed by atoms with E-state index in [1.165, 1.54) is 0 Å². The average Bonchev–Trinajstić information content (AvgIpc) is 3.46. The number of rotatable bonds is 12. The van der Waals surface area contributed by atoms with Crippen molar-refractivity contribution in [1.29, 1.82) is 0 Å². The Labute approximate surface area is 276 Å². The molecule has 1 unspecified atom stereocenters. The maximum atomic E-state index is 15.4. The van der Waals surface area contributed by atoms with Gasteiger partial charge in [0.1, 0.15) is 0 Å². The zero-order valence-electron chi connectivity index (χ0n) is 25.2. The number of amides is 1. The summed E-state index contributed by atoms with van der Waals surface area (Å²) in [7, 11) is 1.57. The fourth-order valence-corrected chi connectivity index (χ4v) is 6.34. The molecule has 2 fully saturated rings. The van der Waals surface area contributed by atoms with Crippen LogP contribution in [-0.2, 0) is 17.9 Å². The molecule has 6 rings (SSSR count). The van der Waals surface area contributed by atoms with Gasteiger partial charge in [0.15, 0.2) is 11.6 Å². The van der Waals surface area contributed by atoms with E-state index in [0.717, 1.165) is 25.1 Å². The first-order valence-corrected chi connectivity index (χ1v) is 15.8. The van der Waals surface area contributed by atoms with Gasteiger partial charge in [-0.1, -0.05) is 47.5 Å². The van der Waals surface area contributed by atoms with Crippen molar-refractivity contribution in [3.63, 3.8) is 0 Å². The van der Waals surface area contributed by atoms with Crippen LogP contribution in [0.2, 0.25) is 10.0 Å². The predicted molar refractivity (Wildman–Crippen MR) is 176 cm³/mol. The molecule has 240 valence electrons. The van der Waals surface area contributed by atoms with Crippen LogP contribution in [-0.4, -0.2) is 70.3 Å². The van der Waals surface area contributed by atoms with Gasteiger partial charge < -0.3 is 25.8 Å². The van der Waals surface area contributed by atoms with Crippen molar-refractivity contribution in [3.05, 3.63) is 81.8 Å². The molecule has 3 aromatic heterocycles. The van der Waals surface area contributed by atoms with E-state index in [0.29, 0.717) is 70.7 Å². The predicted octanol–water partition coefficient (Wildman–Crippen LogP) is 5.20. The smallest absolute Gasteiger partial charge is 0.220 e. The van der Waals surface area contributed by atoms with E-state index in [4.69, 9.17) is 32.9 Å².